The van der Waals surface area contributed by atoms with Crippen LogP contribution in [0.5, 0.6) is 0 Å². The Morgan fingerprint density at radius 1 is 1.40 bits per heavy atom. The van der Waals surface area contributed by atoms with Gasteiger partial charge < -0.3 is 14.9 Å². The van der Waals surface area contributed by atoms with Gasteiger partial charge in [0.05, 0.1) is 5.52 Å². The number of rotatable bonds is 5. The van der Waals surface area contributed by atoms with Gasteiger partial charge >= 0.3 is 11.9 Å². The van der Waals surface area contributed by atoms with Crippen molar-refractivity contribution in [1.29, 1.82) is 0 Å². The molecule has 1 atom stereocenters. The van der Waals surface area contributed by atoms with Gasteiger partial charge in [-0.05, 0) is 24.1 Å². The molecule has 0 radical (unpaired) electrons. The molecule has 0 bridgehead atoms. The van der Waals surface area contributed by atoms with Crippen molar-refractivity contribution in [3.8, 4) is 0 Å². The van der Waals surface area contributed by atoms with Crippen LogP contribution in [-0.4, -0.2) is 24.4 Å². The summed E-state index contributed by atoms with van der Waals surface area (Å²) in [6.07, 6.45) is -4.10. The zero-order chi connectivity index (χ0) is 14.8. The first-order valence-corrected chi connectivity index (χ1v) is 5.88. The van der Waals surface area contributed by atoms with Crippen LogP contribution in [0, 0.1) is 0 Å². The molecule has 2 rings (SSSR count). The number of benzene rings is 1. The fourth-order valence-corrected chi connectivity index (χ4v) is 1.76. The molecular weight excluding hydrogens is 277 g/mol. The third kappa shape index (κ3) is 3.84. The van der Waals surface area contributed by atoms with Crippen LogP contribution in [0.1, 0.15) is 18.0 Å². The summed E-state index contributed by atoms with van der Waals surface area (Å²) in [7, 11) is 0. The molecule has 2 aromatic rings. The summed E-state index contributed by atoms with van der Waals surface area (Å²) in [5.41, 5.74) is 7.42. The molecule has 5 nitrogen and oxygen atoms in total. The van der Waals surface area contributed by atoms with Crippen molar-refractivity contribution in [2.75, 3.05) is 13.2 Å². The number of H-pyrrole nitrogens is 1. The van der Waals surface area contributed by atoms with Gasteiger partial charge in [0, 0.05) is 12.6 Å². The maximum atomic E-state index is 11.9. The third-order valence-electron chi connectivity index (χ3n) is 2.71. The van der Waals surface area contributed by atoms with Crippen molar-refractivity contribution in [2.45, 2.75) is 18.6 Å². The minimum absolute atomic E-state index is 0.101. The first-order chi connectivity index (χ1) is 9.35. The van der Waals surface area contributed by atoms with Gasteiger partial charge in [0.25, 0.3) is 0 Å². The largest absolute Gasteiger partial charge is 0.417 e. The molecule has 0 saturated carbocycles. The number of hydrogen-bond acceptors (Lipinski definition) is 4. The van der Waals surface area contributed by atoms with E-state index in [9.17, 15) is 18.0 Å². The molecule has 1 heterocycles. The highest BCUT2D eigenvalue weighted by molar-refractivity contribution is 5.72. The third-order valence-corrected chi connectivity index (χ3v) is 2.71. The van der Waals surface area contributed by atoms with Gasteiger partial charge in [-0.15, -0.1) is 0 Å². The Hall–Kier alpha value is -1.80. The van der Waals surface area contributed by atoms with Crippen LogP contribution < -0.4 is 11.5 Å². The van der Waals surface area contributed by atoms with Crippen LogP contribution in [-0.2, 0) is 4.74 Å². The molecule has 3 N–H and O–H groups in total. The molecule has 1 unspecified atom stereocenters. The van der Waals surface area contributed by atoms with Gasteiger partial charge in [0.2, 0.25) is 0 Å². The standard InChI is InChI=1S/C12H13F3N2O3/c13-12(14,15)6-19-4-3-8(16)7-1-2-9-10(5-7)20-11(18)17-9/h1-2,5,8H,3-4,6,16H2,(H,17,18). The minimum Gasteiger partial charge on any atom is -0.408 e. The molecule has 110 valence electrons. The minimum atomic E-state index is -4.34. The van der Waals surface area contributed by atoms with Gasteiger partial charge in [-0.3, -0.25) is 4.98 Å². The Balaban J connectivity index is 1.93. The van der Waals surface area contributed by atoms with Crippen molar-refractivity contribution in [1.82, 2.24) is 4.98 Å². The molecule has 0 amide bonds. The first-order valence-electron chi connectivity index (χ1n) is 5.88. The van der Waals surface area contributed by atoms with Gasteiger partial charge in [-0.1, -0.05) is 6.07 Å². The van der Waals surface area contributed by atoms with Crippen molar-refractivity contribution in [3.63, 3.8) is 0 Å². The van der Waals surface area contributed by atoms with E-state index in [-0.39, 0.29) is 13.0 Å². The summed E-state index contributed by atoms with van der Waals surface area (Å²) >= 11 is 0. The van der Waals surface area contributed by atoms with Gasteiger partial charge in [0.1, 0.15) is 6.61 Å². The average Bonchev–Trinajstić information content (AvgIpc) is 2.72. The molecular formula is C12H13F3N2O3. The Morgan fingerprint density at radius 2 is 2.15 bits per heavy atom. The molecule has 0 fully saturated rings. The lowest BCUT2D eigenvalue weighted by Crippen LogP contribution is -2.19. The number of halogens is 3. The summed E-state index contributed by atoms with van der Waals surface area (Å²) < 4.78 is 45.0. The summed E-state index contributed by atoms with van der Waals surface area (Å²) in [5.74, 6) is -0.570. The topological polar surface area (TPSA) is 81.2 Å². The number of alkyl halides is 3. The number of ether oxygens (including phenoxy) is 1. The number of fused-ring (bicyclic) bond motifs is 1. The summed E-state index contributed by atoms with van der Waals surface area (Å²) in [6, 6.07) is 4.41. The van der Waals surface area contributed by atoms with E-state index in [0.29, 0.717) is 16.7 Å². The van der Waals surface area contributed by atoms with E-state index in [1.165, 1.54) is 0 Å². The zero-order valence-electron chi connectivity index (χ0n) is 10.4. The van der Waals surface area contributed by atoms with E-state index < -0.39 is 24.6 Å². The van der Waals surface area contributed by atoms with Crippen LogP contribution >= 0.6 is 0 Å². The molecule has 0 spiro atoms. The normalized spacial score (nSPS) is 13.8. The first kappa shape index (κ1) is 14.6. The summed E-state index contributed by atoms with van der Waals surface area (Å²) in [4.78, 5) is 13.5. The van der Waals surface area contributed by atoms with Crippen LogP contribution in [0.3, 0.4) is 0 Å². The van der Waals surface area contributed by atoms with Crippen LogP contribution in [0.15, 0.2) is 27.4 Å². The summed E-state index contributed by atoms with van der Waals surface area (Å²) in [5, 5.41) is 0. The second-order valence-electron chi connectivity index (χ2n) is 4.33. The molecule has 20 heavy (non-hydrogen) atoms. The number of aromatic amines is 1. The van der Waals surface area contributed by atoms with Crippen LogP contribution in [0.4, 0.5) is 13.2 Å². The highest BCUT2D eigenvalue weighted by atomic mass is 19.4. The summed E-state index contributed by atoms with van der Waals surface area (Å²) in [6.45, 7) is -1.39. The second kappa shape index (κ2) is 5.68. The molecule has 0 aliphatic heterocycles. The van der Waals surface area contributed by atoms with Gasteiger partial charge in [-0.2, -0.15) is 13.2 Å². The molecule has 0 aliphatic rings. The Bertz CT molecular complexity index is 633. The molecule has 0 saturated heterocycles. The number of hydrogen-bond donors (Lipinski definition) is 2. The van der Waals surface area contributed by atoms with Crippen molar-refractivity contribution in [2.24, 2.45) is 5.73 Å². The monoisotopic (exact) mass is 290 g/mol. The lowest BCUT2D eigenvalue weighted by molar-refractivity contribution is -0.174. The highest BCUT2D eigenvalue weighted by Gasteiger charge is 2.27. The smallest absolute Gasteiger partial charge is 0.408 e. The lowest BCUT2D eigenvalue weighted by Gasteiger charge is -2.13. The fourth-order valence-electron chi connectivity index (χ4n) is 1.76. The van der Waals surface area contributed by atoms with Gasteiger partial charge in [0.15, 0.2) is 5.58 Å². The van der Waals surface area contributed by atoms with Crippen LogP contribution in [0.2, 0.25) is 0 Å². The zero-order valence-corrected chi connectivity index (χ0v) is 10.4. The SMILES string of the molecule is NC(CCOCC(F)(F)F)c1ccc2[nH]c(=O)oc2c1. The van der Waals surface area contributed by atoms with Crippen molar-refractivity contribution in [3.05, 3.63) is 34.3 Å². The van der Waals surface area contributed by atoms with E-state index in [1.807, 2.05) is 0 Å². The van der Waals surface area contributed by atoms with Crippen LogP contribution in [0.25, 0.3) is 11.1 Å². The lowest BCUT2D eigenvalue weighted by atomic mass is 10.0. The maximum absolute atomic E-state index is 11.9. The van der Waals surface area contributed by atoms with Gasteiger partial charge in [-0.25, -0.2) is 4.79 Å². The van der Waals surface area contributed by atoms with E-state index in [4.69, 9.17) is 10.2 Å². The van der Waals surface area contributed by atoms with E-state index in [0.717, 1.165) is 0 Å². The maximum Gasteiger partial charge on any atom is 0.417 e. The number of nitrogens with one attached hydrogen (secondary N) is 1. The molecule has 1 aromatic heterocycles. The number of oxazole rings is 1. The molecule has 8 heteroatoms. The number of nitrogens with two attached hydrogens (primary N) is 1. The van der Waals surface area contributed by atoms with E-state index in [2.05, 4.69) is 9.72 Å². The molecule has 1 aromatic carbocycles. The van der Waals surface area contributed by atoms with Crippen molar-refractivity contribution >= 4 is 11.1 Å². The quantitative estimate of drug-likeness (QED) is 0.826. The molecule has 0 aliphatic carbocycles. The van der Waals surface area contributed by atoms with E-state index >= 15 is 0 Å². The number of aromatic nitrogens is 1. The van der Waals surface area contributed by atoms with Crippen molar-refractivity contribution < 1.29 is 22.3 Å². The Labute approximate surface area is 111 Å². The predicted molar refractivity (Wildman–Crippen MR) is 65.3 cm³/mol. The second-order valence-corrected chi connectivity index (χ2v) is 4.33. The fraction of sp³-hybridized carbons (Fsp3) is 0.417. The van der Waals surface area contributed by atoms with E-state index in [1.54, 1.807) is 18.2 Å². The Morgan fingerprint density at radius 3 is 2.85 bits per heavy atom. The average molecular weight is 290 g/mol. The highest BCUT2D eigenvalue weighted by Crippen LogP contribution is 2.20. The predicted octanol–water partition coefficient (Wildman–Crippen LogP) is 2.09. The Kier molecular flexibility index (Phi) is 4.15.